The highest BCUT2D eigenvalue weighted by atomic mass is 35.5. The first kappa shape index (κ1) is 9.93. The Balaban J connectivity index is 0.000000845. The second kappa shape index (κ2) is 3.71. The number of nitrogens with zero attached hydrogens (tertiary/aromatic N) is 1. The van der Waals surface area contributed by atoms with E-state index < -0.39 is 0 Å². The lowest BCUT2D eigenvalue weighted by molar-refractivity contribution is -0.114. The predicted molar refractivity (Wildman–Crippen MR) is 54.0 cm³/mol. The number of carbonyl (C=O) groups is 1. The van der Waals surface area contributed by atoms with Gasteiger partial charge in [-0.1, -0.05) is 0 Å². The maximum atomic E-state index is 11.0. The third-order valence-corrected chi connectivity index (χ3v) is 2.08. The average Bonchev–Trinajstić information content (AvgIpc) is 2.04. The minimum atomic E-state index is 0. The van der Waals surface area contributed by atoms with Crippen molar-refractivity contribution in [2.24, 2.45) is 0 Å². The van der Waals surface area contributed by atoms with Crippen molar-refractivity contribution in [3.63, 3.8) is 0 Å². The first-order valence-corrected chi connectivity index (χ1v) is 3.93. The van der Waals surface area contributed by atoms with E-state index in [9.17, 15) is 4.79 Å². The monoisotopic (exact) mass is 195 g/mol. The van der Waals surface area contributed by atoms with Gasteiger partial charge in [0, 0.05) is 18.3 Å². The standard InChI is InChI=1S/C10H9NO.ClH/c1-7-10-3-2-9(12)6-8(10)4-5-11-7;/h2-5H,6H2,1H3;1H. The number of aryl methyl sites for hydroxylation is 1. The number of hydrogen-bond acceptors (Lipinski definition) is 2. The molecule has 0 aromatic carbocycles. The summed E-state index contributed by atoms with van der Waals surface area (Å²) >= 11 is 0. The molecule has 1 aromatic heterocycles. The van der Waals surface area contributed by atoms with Gasteiger partial charge in [0.2, 0.25) is 0 Å². The van der Waals surface area contributed by atoms with E-state index in [0.29, 0.717) is 6.42 Å². The molecule has 0 radical (unpaired) electrons. The molecule has 1 heterocycles. The lowest BCUT2D eigenvalue weighted by Gasteiger charge is -2.10. The molecule has 1 aromatic rings. The van der Waals surface area contributed by atoms with E-state index in [1.165, 1.54) is 0 Å². The van der Waals surface area contributed by atoms with Gasteiger partial charge in [0.05, 0.1) is 0 Å². The Morgan fingerprint density at radius 1 is 1.38 bits per heavy atom. The zero-order valence-electron chi connectivity index (χ0n) is 7.28. The van der Waals surface area contributed by atoms with Gasteiger partial charge in [-0.05, 0) is 36.3 Å². The smallest absolute Gasteiger partial charge is 0.160 e. The van der Waals surface area contributed by atoms with E-state index in [-0.39, 0.29) is 18.2 Å². The zero-order valence-corrected chi connectivity index (χ0v) is 8.10. The van der Waals surface area contributed by atoms with Gasteiger partial charge >= 0.3 is 0 Å². The van der Waals surface area contributed by atoms with E-state index in [4.69, 9.17) is 0 Å². The fourth-order valence-corrected chi connectivity index (χ4v) is 1.44. The molecule has 3 heteroatoms. The molecule has 2 rings (SSSR count). The van der Waals surface area contributed by atoms with Crippen LogP contribution in [0.2, 0.25) is 0 Å². The Kier molecular flexibility index (Phi) is 2.83. The van der Waals surface area contributed by atoms with Gasteiger partial charge < -0.3 is 0 Å². The molecular weight excluding hydrogens is 186 g/mol. The normalized spacial score (nSPS) is 13.5. The van der Waals surface area contributed by atoms with E-state index in [1.807, 2.05) is 19.1 Å². The molecule has 68 valence electrons. The van der Waals surface area contributed by atoms with Crippen LogP contribution in [0.1, 0.15) is 16.8 Å². The molecule has 0 saturated carbocycles. The van der Waals surface area contributed by atoms with Crippen molar-refractivity contribution in [2.75, 3.05) is 0 Å². The Labute approximate surface area is 83.1 Å². The number of ketones is 1. The lowest BCUT2D eigenvalue weighted by atomic mass is 9.96. The minimum Gasteiger partial charge on any atom is -0.294 e. The quantitative estimate of drug-likeness (QED) is 0.634. The summed E-state index contributed by atoms with van der Waals surface area (Å²) in [7, 11) is 0. The van der Waals surface area contributed by atoms with Crippen LogP contribution in [0.5, 0.6) is 0 Å². The van der Waals surface area contributed by atoms with Crippen LogP contribution in [-0.2, 0) is 11.2 Å². The molecule has 13 heavy (non-hydrogen) atoms. The van der Waals surface area contributed by atoms with Crippen molar-refractivity contribution in [1.82, 2.24) is 4.98 Å². The SMILES string of the molecule is Cc1nccc2c1C=CC(=O)C2.Cl. The van der Waals surface area contributed by atoms with Crippen LogP contribution in [0, 0.1) is 6.92 Å². The topological polar surface area (TPSA) is 30.0 Å². The summed E-state index contributed by atoms with van der Waals surface area (Å²) in [5.74, 6) is 0.174. The molecule has 0 unspecified atom stereocenters. The second-order valence-corrected chi connectivity index (χ2v) is 2.95. The number of allylic oxidation sites excluding steroid dienone is 1. The molecule has 0 N–H and O–H groups in total. The van der Waals surface area contributed by atoms with E-state index >= 15 is 0 Å². The number of rotatable bonds is 0. The molecule has 1 aliphatic rings. The van der Waals surface area contributed by atoms with Crippen LogP contribution in [0.25, 0.3) is 6.08 Å². The van der Waals surface area contributed by atoms with Crippen LogP contribution in [0.3, 0.4) is 0 Å². The third-order valence-electron chi connectivity index (χ3n) is 2.08. The first-order chi connectivity index (χ1) is 5.77. The van der Waals surface area contributed by atoms with Crippen molar-refractivity contribution >= 4 is 24.3 Å². The molecule has 0 bridgehead atoms. The zero-order chi connectivity index (χ0) is 8.55. The van der Waals surface area contributed by atoms with Crippen LogP contribution in [0.4, 0.5) is 0 Å². The largest absolute Gasteiger partial charge is 0.294 e. The maximum Gasteiger partial charge on any atom is 0.160 e. The Morgan fingerprint density at radius 3 is 2.92 bits per heavy atom. The average molecular weight is 196 g/mol. The fourth-order valence-electron chi connectivity index (χ4n) is 1.44. The Hall–Kier alpha value is -1.15. The summed E-state index contributed by atoms with van der Waals surface area (Å²) in [4.78, 5) is 15.2. The number of fused-ring (bicyclic) bond motifs is 1. The lowest BCUT2D eigenvalue weighted by Crippen LogP contribution is -2.06. The number of halogens is 1. The van der Waals surface area contributed by atoms with Crippen molar-refractivity contribution in [3.05, 3.63) is 35.2 Å². The molecule has 0 spiro atoms. The molecule has 0 atom stereocenters. The highest BCUT2D eigenvalue weighted by molar-refractivity contribution is 5.98. The Bertz CT molecular complexity index is 371. The number of hydrogen-bond donors (Lipinski definition) is 0. The minimum absolute atomic E-state index is 0. The number of aromatic nitrogens is 1. The number of pyridine rings is 1. The van der Waals surface area contributed by atoms with Crippen molar-refractivity contribution in [1.29, 1.82) is 0 Å². The van der Waals surface area contributed by atoms with E-state index in [1.54, 1.807) is 12.3 Å². The van der Waals surface area contributed by atoms with Crippen LogP contribution in [-0.4, -0.2) is 10.8 Å². The molecule has 2 nitrogen and oxygen atoms in total. The summed E-state index contributed by atoms with van der Waals surface area (Å²) in [5, 5.41) is 0. The molecule has 0 amide bonds. The van der Waals surface area contributed by atoms with Gasteiger partial charge in [0.1, 0.15) is 0 Å². The van der Waals surface area contributed by atoms with Gasteiger partial charge in [-0.25, -0.2) is 0 Å². The second-order valence-electron chi connectivity index (χ2n) is 2.95. The molecular formula is C10H10ClNO. The van der Waals surface area contributed by atoms with Crippen molar-refractivity contribution in [3.8, 4) is 0 Å². The van der Waals surface area contributed by atoms with E-state index in [0.717, 1.165) is 16.8 Å². The molecule has 0 aliphatic heterocycles. The summed E-state index contributed by atoms with van der Waals surface area (Å²) < 4.78 is 0. The molecule has 1 aliphatic carbocycles. The highest BCUT2D eigenvalue weighted by Crippen LogP contribution is 2.18. The first-order valence-electron chi connectivity index (χ1n) is 3.93. The summed E-state index contributed by atoms with van der Waals surface area (Å²) in [6.07, 6.45) is 5.75. The van der Waals surface area contributed by atoms with E-state index in [2.05, 4.69) is 4.98 Å². The maximum absolute atomic E-state index is 11.0. The Morgan fingerprint density at radius 2 is 2.15 bits per heavy atom. The van der Waals surface area contributed by atoms with Crippen LogP contribution in [0.15, 0.2) is 18.3 Å². The van der Waals surface area contributed by atoms with Crippen LogP contribution >= 0.6 is 12.4 Å². The number of carbonyl (C=O) groups excluding carboxylic acids is 1. The summed E-state index contributed by atoms with van der Waals surface area (Å²) in [5.41, 5.74) is 3.20. The fraction of sp³-hybridized carbons (Fsp3) is 0.200. The van der Waals surface area contributed by atoms with Crippen molar-refractivity contribution in [2.45, 2.75) is 13.3 Å². The summed E-state index contributed by atoms with van der Waals surface area (Å²) in [6, 6.07) is 1.91. The summed E-state index contributed by atoms with van der Waals surface area (Å²) in [6.45, 7) is 1.96. The highest BCUT2D eigenvalue weighted by Gasteiger charge is 2.11. The van der Waals surface area contributed by atoms with Gasteiger partial charge in [-0.15, -0.1) is 12.4 Å². The predicted octanol–water partition coefficient (Wildman–Crippen LogP) is 1.95. The van der Waals surface area contributed by atoms with Crippen molar-refractivity contribution < 1.29 is 4.79 Å². The van der Waals surface area contributed by atoms with Gasteiger partial charge in [-0.2, -0.15) is 0 Å². The van der Waals surface area contributed by atoms with Crippen LogP contribution < -0.4 is 0 Å². The third kappa shape index (κ3) is 1.78. The van der Waals surface area contributed by atoms with Gasteiger partial charge in [0.25, 0.3) is 0 Å². The van der Waals surface area contributed by atoms with Gasteiger partial charge in [0.15, 0.2) is 5.78 Å². The van der Waals surface area contributed by atoms with Gasteiger partial charge in [-0.3, -0.25) is 9.78 Å². The molecule has 0 fully saturated rings. The molecule has 0 saturated heterocycles.